The summed E-state index contributed by atoms with van der Waals surface area (Å²) >= 11 is 1.82. The van der Waals surface area contributed by atoms with Gasteiger partial charge >= 0.3 is 0 Å². The van der Waals surface area contributed by atoms with Crippen molar-refractivity contribution in [2.45, 2.75) is 32.5 Å². The molecule has 0 fully saturated rings. The molecular formula is C17H24N2OS. The molecule has 1 unspecified atom stereocenters. The van der Waals surface area contributed by atoms with Crippen LogP contribution in [0.25, 0.3) is 0 Å². The Kier molecular flexibility index (Phi) is 5.79. The third kappa shape index (κ3) is 4.30. The molecule has 0 spiro atoms. The number of ether oxygens (including phenoxy) is 1. The van der Waals surface area contributed by atoms with Crippen molar-refractivity contribution in [3.8, 4) is 5.75 Å². The summed E-state index contributed by atoms with van der Waals surface area (Å²) in [5.74, 6) is 0.933. The Bertz CT molecular complexity index is 554. The maximum absolute atomic E-state index is 5.74. The fourth-order valence-electron chi connectivity index (χ4n) is 2.38. The predicted octanol–water partition coefficient (Wildman–Crippen LogP) is 3.28. The molecule has 1 atom stereocenters. The van der Waals surface area contributed by atoms with Crippen molar-refractivity contribution >= 4 is 11.3 Å². The number of nitrogens with zero attached hydrogens (tertiary/aromatic N) is 1. The smallest absolute Gasteiger partial charge is 0.123 e. The number of likely N-dealkylation sites (N-methyl/N-ethyl adjacent to an activating group) is 1. The molecule has 0 saturated carbocycles. The van der Waals surface area contributed by atoms with E-state index in [-0.39, 0.29) is 0 Å². The number of benzene rings is 1. The van der Waals surface area contributed by atoms with Crippen LogP contribution in [0.2, 0.25) is 0 Å². The molecule has 0 aliphatic rings. The van der Waals surface area contributed by atoms with Crippen LogP contribution in [0, 0.1) is 0 Å². The fraction of sp³-hybridized carbons (Fsp3) is 0.412. The van der Waals surface area contributed by atoms with E-state index in [9.17, 15) is 0 Å². The van der Waals surface area contributed by atoms with Gasteiger partial charge in [0.2, 0.25) is 0 Å². The van der Waals surface area contributed by atoms with Crippen molar-refractivity contribution in [2.24, 2.45) is 5.73 Å². The molecule has 0 bridgehead atoms. The van der Waals surface area contributed by atoms with Crippen LogP contribution in [0.3, 0.4) is 0 Å². The van der Waals surface area contributed by atoms with Crippen molar-refractivity contribution in [2.75, 3.05) is 14.2 Å². The van der Waals surface area contributed by atoms with E-state index in [1.807, 2.05) is 23.5 Å². The van der Waals surface area contributed by atoms with Gasteiger partial charge in [0.1, 0.15) is 5.75 Å². The molecule has 0 amide bonds. The van der Waals surface area contributed by atoms with Gasteiger partial charge in [0, 0.05) is 29.6 Å². The molecule has 1 heterocycles. The first kappa shape index (κ1) is 16.0. The summed E-state index contributed by atoms with van der Waals surface area (Å²) in [6.07, 6.45) is 1.08. The maximum atomic E-state index is 5.74. The highest BCUT2D eigenvalue weighted by Crippen LogP contribution is 2.23. The highest BCUT2D eigenvalue weighted by Gasteiger charge is 2.13. The zero-order valence-corrected chi connectivity index (χ0v) is 13.8. The lowest BCUT2D eigenvalue weighted by atomic mass is 10.1. The van der Waals surface area contributed by atoms with Gasteiger partial charge in [0.05, 0.1) is 7.11 Å². The molecule has 2 aromatic rings. The Morgan fingerprint density at radius 1 is 1.33 bits per heavy atom. The highest BCUT2D eigenvalue weighted by molar-refractivity contribution is 7.09. The van der Waals surface area contributed by atoms with Gasteiger partial charge in [-0.25, -0.2) is 0 Å². The molecule has 0 aliphatic carbocycles. The van der Waals surface area contributed by atoms with E-state index in [1.165, 1.54) is 10.4 Å². The largest absolute Gasteiger partial charge is 0.496 e. The molecule has 21 heavy (non-hydrogen) atoms. The Labute approximate surface area is 131 Å². The zero-order chi connectivity index (χ0) is 15.2. The molecule has 1 aromatic heterocycles. The van der Waals surface area contributed by atoms with Crippen LogP contribution in [0.4, 0.5) is 0 Å². The minimum atomic E-state index is 0.481. The molecule has 4 heteroatoms. The van der Waals surface area contributed by atoms with Crippen molar-refractivity contribution in [1.29, 1.82) is 0 Å². The lowest BCUT2D eigenvalue weighted by Crippen LogP contribution is -2.30. The third-order valence-corrected chi connectivity index (χ3v) is 4.73. The Morgan fingerprint density at radius 3 is 2.76 bits per heavy atom. The summed E-state index contributed by atoms with van der Waals surface area (Å²) in [5, 5.41) is 2.13. The average Bonchev–Trinajstić information content (AvgIpc) is 2.99. The number of hydrogen-bond acceptors (Lipinski definition) is 4. The van der Waals surface area contributed by atoms with Gasteiger partial charge in [-0.2, -0.15) is 0 Å². The first-order valence-corrected chi connectivity index (χ1v) is 8.10. The highest BCUT2D eigenvalue weighted by atomic mass is 32.1. The maximum Gasteiger partial charge on any atom is 0.123 e. The fourth-order valence-corrected chi connectivity index (χ4v) is 3.21. The van der Waals surface area contributed by atoms with Gasteiger partial charge in [-0.3, -0.25) is 4.90 Å². The quantitative estimate of drug-likeness (QED) is 0.853. The first-order chi connectivity index (χ1) is 10.1. The number of nitrogens with two attached hydrogens (primary N) is 1. The number of hydrogen-bond donors (Lipinski definition) is 1. The van der Waals surface area contributed by atoms with E-state index in [0.29, 0.717) is 12.6 Å². The van der Waals surface area contributed by atoms with Crippen LogP contribution >= 0.6 is 11.3 Å². The van der Waals surface area contributed by atoms with Gasteiger partial charge < -0.3 is 10.5 Å². The van der Waals surface area contributed by atoms with Crippen LogP contribution in [0.5, 0.6) is 5.75 Å². The van der Waals surface area contributed by atoms with E-state index >= 15 is 0 Å². The van der Waals surface area contributed by atoms with Crippen molar-refractivity contribution in [3.05, 3.63) is 51.7 Å². The summed E-state index contributed by atoms with van der Waals surface area (Å²) < 4.78 is 5.47. The van der Waals surface area contributed by atoms with E-state index in [0.717, 1.165) is 24.3 Å². The van der Waals surface area contributed by atoms with Crippen molar-refractivity contribution in [1.82, 2.24) is 4.90 Å². The normalized spacial score (nSPS) is 12.6. The van der Waals surface area contributed by atoms with Crippen LogP contribution in [-0.4, -0.2) is 25.1 Å². The van der Waals surface area contributed by atoms with Crippen LogP contribution in [0.1, 0.15) is 22.9 Å². The molecule has 0 radical (unpaired) electrons. The second-order valence-corrected chi connectivity index (χ2v) is 6.43. The second-order valence-electron chi connectivity index (χ2n) is 5.40. The van der Waals surface area contributed by atoms with Crippen LogP contribution < -0.4 is 10.5 Å². The minimum absolute atomic E-state index is 0.481. The van der Waals surface area contributed by atoms with Gasteiger partial charge in [0.25, 0.3) is 0 Å². The SMILES string of the molecule is COc1ccc(CN)cc1CN(C)C(C)Cc1cccs1. The molecule has 3 nitrogen and oxygen atoms in total. The van der Waals surface area contributed by atoms with E-state index < -0.39 is 0 Å². The van der Waals surface area contributed by atoms with E-state index in [2.05, 4.69) is 42.5 Å². The molecule has 0 aliphatic heterocycles. The van der Waals surface area contributed by atoms with E-state index in [4.69, 9.17) is 10.5 Å². The van der Waals surface area contributed by atoms with E-state index in [1.54, 1.807) is 7.11 Å². The second kappa shape index (κ2) is 7.59. The first-order valence-electron chi connectivity index (χ1n) is 7.22. The molecular weight excluding hydrogens is 280 g/mol. The monoisotopic (exact) mass is 304 g/mol. The Morgan fingerprint density at radius 2 is 2.14 bits per heavy atom. The summed E-state index contributed by atoms with van der Waals surface area (Å²) in [6.45, 7) is 3.69. The Balaban J connectivity index is 2.05. The lowest BCUT2D eigenvalue weighted by Gasteiger charge is -2.25. The van der Waals surface area contributed by atoms with Gasteiger partial charge in [0.15, 0.2) is 0 Å². The molecule has 0 saturated heterocycles. The van der Waals surface area contributed by atoms with Gasteiger partial charge in [-0.15, -0.1) is 11.3 Å². The summed E-state index contributed by atoms with van der Waals surface area (Å²) in [4.78, 5) is 3.79. The standard InChI is InChI=1S/C17H24N2OS/c1-13(9-16-5-4-8-21-16)19(2)12-15-10-14(11-18)6-7-17(15)20-3/h4-8,10,13H,9,11-12,18H2,1-3H3. The van der Waals surface area contributed by atoms with Gasteiger partial charge in [-0.1, -0.05) is 12.1 Å². The lowest BCUT2D eigenvalue weighted by molar-refractivity contribution is 0.245. The molecule has 114 valence electrons. The third-order valence-electron chi connectivity index (χ3n) is 3.83. The number of thiophene rings is 1. The number of rotatable bonds is 7. The summed E-state index contributed by atoms with van der Waals surface area (Å²) in [6, 6.07) is 11.0. The minimum Gasteiger partial charge on any atom is -0.496 e. The van der Waals surface area contributed by atoms with Gasteiger partial charge in [-0.05, 0) is 49.5 Å². The molecule has 1 aromatic carbocycles. The summed E-state index contributed by atoms with van der Waals surface area (Å²) in [7, 11) is 3.88. The number of methoxy groups -OCH3 is 1. The predicted molar refractivity (Wildman–Crippen MR) is 89.8 cm³/mol. The van der Waals surface area contributed by atoms with Crippen LogP contribution in [-0.2, 0) is 19.5 Å². The summed E-state index contributed by atoms with van der Waals surface area (Å²) in [5.41, 5.74) is 8.08. The van der Waals surface area contributed by atoms with Crippen LogP contribution in [0.15, 0.2) is 35.7 Å². The van der Waals surface area contributed by atoms with Crippen molar-refractivity contribution < 1.29 is 4.74 Å². The molecule has 2 N–H and O–H groups in total. The van der Waals surface area contributed by atoms with Crippen molar-refractivity contribution in [3.63, 3.8) is 0 Å². The molecule has 2 rings (SSSR count). The average molecular weight is 304 g/mol. The topological polar surface area (TPSA) is 38.5 Å². The zero-order valence-electron chi connectivity index (χ0n) is 13.0. The Hall–Kier alpha value is -1.36.